The molecule has 86 heavy (non-hydrogen) atoms. The second kappa shape index (κ2) is 64.2. The molecule has 1 fully saturated rings. The van der Waals surface area contributed by atoms with E-state index in [9.17, 15) is 8.78 Å². The molecule has 1 aliphatic rings. The number of aryl methyl sites for hydroxylation is 4. The molecular weight excluding hydrogens is 1070 g/mol. The SMILES string of the molecule is CC(C)CC1CCC(C)CC1.CC(C)Cc1ccc(F)cc1.CCC.CCC.CCC.CCC.CCC.CCC.Cc1ccc(CC(C)C)c(Cl)c1.Cc1ccc(CC(C)C)c(F)c1.Cc1ccc(CC(C)C)cc1.Cc1ccc(CC(C)C)cc1. The zero-order valence-corrected chi connectivity index (χ0v) is 63.2. The summed E-state index contributed by atoms with van der Waals surface area (Å²) in [5, 5.41) is 0.906. The second-order valence-corrected chi connectivity index (χ2v) is 27.2. The molecule has 3 heteroatoms. The summed E-state index contributed by atoms with van der Waals surface area (Å²) in [5.41, 5.74) is 11.1. The van der Waals surface area contributed by atoms with E-state index in [1.54, 1.807) is 6.07 Å². The van der Waals surface area contributed by atoms with Crippen LogP contribution in [0.25, 0.3) is 0 Å². The van der Waals surface area contributed by atoms with E-state index in [0.29, 0.717) is 17.8 Å². The van der Waals surface area contributed by atoms with Crippen LogP contribution in [0.15, 0.2) is 109 Å². The van der Waals surface area contributed by atoms with Crippen molar-refractivity contribution >= 4 is 11.6 Å². The molecule has 0 aliphatic heterocycles. The van der Waals surface area contributed by atoms with Crippen LogP contribution in [0, 0.1) is 86.7 Å². The highest BCUT2D eigenvalue weighted by Gasteiger charge is 2.18. The van der Waals surface area contributed by atoms with Gasteiger partial charge in [-0.25, -0.2) is 8.78 Å². The predicted octanol–water partition coefficient (Wildman–Crippen LogP) is 28.9. The fraction of sp³-hybridized carbons (Fsp3) is 0.639. The zero-order chi connectivity index (χ0) is 67.6. The van der Waals surface area contributed by atoms with E-state index in [-0.39, 0.29) is 11.6 Å². The Hall–Kier alpha value is -3.75. The van der Waals surface area contributed by atoms with Crippen molar-refractivity contribution in [3.63, 3.8) is 0 Å². The van der Waals surface area contributed by atoms with E-state index >= 15 is 0 Å². The number of halogens is 3. The molecule has 0 spiro atoms. The molecule has 5 aromatic carbocycles. The van der Waals surface area contributed by atoms with Crippen molar-refractivity contribution in [2.24, 2.45) is 47.3 Å². The smallest absolute Gasteiger partial charge is 0.126 e. The van der Waals surface area contributed by atoms with Crippen molar-refractivity contribution < 1.29 is 8.78 Å². The molecule has 1 aliphatic carbocycles. The third-order valence-electron chi connectivity index (χ3n) is 11.7. The molecule has 0 radical (unpaired) electrons. The first-order valence-corrected chi connectivity index (χ1v) is 35.1. The van der Waals surface area contributed by atoms with Crippen molar-refractivity contribution in [1.29, 1.82) is 0 Å². The van der Waals surface area contributed by atoms with Gasteiger partial charge >= 0.3 is 0 Å². The summed E-state index contributed by atoms with van der Waals surface area (Å²) in [4.78, 5) is 0. The molecule has 5 aromatic rings. The topological polar surface area (TPSA) is 0 Å². The summed E-state index contributed by atoms with van der Waals surface area (Å²) in [7, 11) is 0. The molecule has 0 atom stereocenters. The molecule has 0 N–H and O–H groups in total. The largest absolute Gasteiger partial charge is 0.207 e. The van der Waals surface area contributed by atoms with Gasteiger partial charge in [-0.05, 0) is 177 Å². The first kappa shape index (κ1) is 93.4. The van der Waals surface area contributed by atoms with Crippen LogP contribution in [-0.2, 0) is 32.1 Å². The molecule has 498 valence electrons. The van der Waals surface area contributed by atoms with Gasteiger partial charge in [0, 0.05) is 5.02 Å². The van der Waals surface area contributed by atoms with Crippen LogP contribution >= 0.6 is 11.6 Å². The number of rotatable bonds is 12. The van der Waals surface area contributed by atoms with Crippen molar-refractivity contribution in [3.05, 3.63) is 176 Å². The number of benzene rings is 5. The van der Waals surface area contributed by atoms with Crippen LogP contribution in [0.1, 0.15) is 294 Å². The summed E-state index contributed by atoms with van der Waals surface area (Å²) >= 11 is 6.07. The third-order valence-corrected chi connectivity index (χ3v) is 12.1. The summed E-state index contributed by atoms with van der Waals surface area (Å²) in [6.07, 6.45) is 20.2. The average Bonchev–Trinajstić information content (AvgIpc) is 3.59. The fourth-order valence-corrected chi connectivity index (χ4v) is 8.54. The van der Waals surface area contributed by atoms with Crippen LogP contribution in [0.3, 0.4) is 0 Å². The van der Waals surface area contributed by atoms with Crippen LogP contribution in [-0.4, -0.2) is 0 Å². The van der Waals surface area contributed by atoms with Crippen molar-refractivity contribution in [1.82, 2.24) is 0 Å². The van der Waals surface area contributed by atoms with Gasteiger partial charge in [0.15, 0.2) is 0 Å². The Labute approximate surface area is 544 Å². The predicted molar refractivity (Wildman–Crippen MR) is 395 cm³/mol. The van der Waals surface area contributed by atoms with Gasteiger partial charge in [0.05, 0.1) is 0 Å². The van der Waals surface area contributed by atoms with E-state index in [4.69, 9.17) is 11.6 Å². The lowest BCUT2D eigenvalue weighted by Gasteiger charge is -2.27. The van der Waals surface area contributed by atoms with Gasteiger partial charge in [-0.15, -0.1) is 0 Å². The maximum absolute atomic E-state index is 13.2. The molecule has 0 nitrogen and oxygen atoms in total. The van der Waals surface area contributed by atoms with Gasteiger partial charge in [0.25, 0.3) is 0 Å². The second-order valence-electron chi connectivity index (χ2n) is 26.8. The minimum Gasteiger partial charge on any atom is -0.207 e. The zero-order valence-electron chi connectivity index (χ0n) is 62.5. The third kappa shape index (κ3) is 67.8. The van der Waals surface area contributed by atoms with Gasteiger partial charge in [0.1, 0.15) is 11.6 Å². The Balaban J connectivity index is -0.000000211. The van der Waals surface area contributed by atoms with Crippen molar-refractivity contribution in [2.45, 2.75) is 304 Å². The molecule has 6 rings (SSSR count). The monoisotopic (exact) mass is 1220 g/mol. The fourth-order valence-electron chi connectivity index (χ4n) is 8.23. The highest BCUT2D eigenvalue weighted by Crippen LogP contribution is 2.32. The highest BCUT2D eigenvalue weighted by molar-refractivity contribution is 6.31. The molecule has 0 aromatic heterocycles. The van der Waals surface area contributed by atoms with Gasteiger partial charge in [-0.2, -0.15) is 0 Å². The van der Waals surface area contributed by atoms with E-state index < -0.39 is 0 Å². The van der Waals surface area contributed by atoms with Crippen molar-refractivity contribution in [2.75, 3.05) is 0 Å². The number of hydrogen-bond acceptors (Lipinski definition) is 0. The molecule has 0 bridgehead atoms. The Morgan fingerprint density at radius 2 is 0.616 bits per heavy atom. The van der Waals surface area contributed by atoms with Gasteiger partial charge in [-0.3, -0.25) is 0 Å². The lowest BCUT2D eigenvalue weighted by Crippen LogP contribution is -2.13. The summed E-state index contributed by atoms with van der Waals surface area (Å²) in [6.45, 7) is 62.7. The normalized spacial score (nSPS) is 12.5. The van der Waals surface area contributed by atoms with Gasteiger partial charge in [-0.1, -0.05) is 345 Å². The average molecular weight is 1220 g/mol. The van der Waals surface area contributed by atoms with Gasteiger partial charge in [0.2, 0.25) is 0 Å². The number of hydrogen-bond donors (Lipinski definition) is 0. The lowest BCUT2D eigenvalue weighted by molar-refractivity contribution is 0.256. The molecule has 0 amide bonds. The standard InChI is InChI=1S/C11H15Cl.C11H15F.C11H22.2C11H16.C10H13F.6C3H8/c2*1-8(2)6-10-5-4-9(3)7-11(10)12;3*1-9(2)8-11-6-4-10(3)5-7-11;1-8(2)7-9-3-5-10(11)6-4-9;6*1-3-2/h2*4-5,7-8H,6H2,1-3H3;9-11H,4-8H2,1-3H3;2*4-7,9H,8H2,1-3H3;3-6,8H,7H2,1-2H3;6*3H2,1-2H3. The molecular formula is C83H145ClF2. The first-order valence-electron chi connectivity index (χ1n) is 34.8. The van der Waals surface area contributed by atoms with Crippen LogP contribution < -0.4 is 0 Å². The first-order chi connectivity index (χ1) is 40.4. The minimum atomic E-state index is -0.155. The molecule has 1 saturated carbocycles. The quantitative estimate of drug-likeness (QED) is 0.117. The van der Waals surface area contributed by atoms with E-state index in [1.807, 2.05) is 37.3 Å². The Bertz CT molecular complexity index is 1920. The molecule has 0 heterocycles. The lowest BCUT2D eigenvalue weighted by atomic mass is 9.79. The van der Waals surface area contributed by atoms with Crippen LogP contribution in [0.5, 0.6) is 0 Å². The maximum atomic E-state index is 13.2. The Morgan fingerprint density at radius 1 is 0.349 bits per heavy atom. The highest BCUT2D eigenvalue weighted by atomic mass is 35.5. The Kier molecular flexibility index (Phi) is 69.8. The maximum Gasteiger partial charge on any atom is 0.126 e. The molecule has 0 unspecified atom stereocenters. The van der Waals surface area contributed by atoms with E-state index in [2.05, 4.69) is 255 Å². The van der Waals surface area contributed by atoms with E-state index in [0.717, 1.165) is 65.0 Å². The summed E-state index contributed by atoms with van der Waals surface area (Å²) in [5.74, 6) is 6.11. The summed E-state index contributed by atoms with van der Waals surface area (Å²) in [6, 6.07) is 36.0. The van der Waals surface area contributed by atoms with Crippen molar-refractivity contribution in [3.8, 4) is 0 Å². The summed E-state index contributed by atoms with van der Waals surface area (Å²) < 4.78 is 25.6. The molecule has 0 saturated heterocycles. The Morgan fingerprint density at radius 3 is 0.895 bits per heavy atom. The van der Waals surface area contributed by atoms with Crippen LogP contribution in [0.2, 0.25) is 5.02 Å². The van der Waals surface area contributed by atoms with Crippen LogP contribution in [0.4, 0.5) is 8.78 Å². The van der Waals surface area contributed by atoms with Gasteiger partial charge < -0.3 is 0 Å². The minimum absolute atomic E-state index is 0.0660. The van der Waals surface area contributed by atoms with E-state index in [1.165, 1.54) is 135 Å².